The Morgan fingerprint density at radius 3 is 2.87 bits per heavy atom. The van der Waals surface area contributed by atoms with Crippen LogP contribution in [0.15, 0.2) is 29.3 Å². The van der Waals surface area contributed by atoms with Crippen molar-refractivity contribution in [3.63, 3.8) is 0 Å². The highest BCUT2D eigenvalue weighted by Gasteiger charge is 2.15. The molecule has 0 saturated carbocycles. The molecule has 1 aromatic rings. The van der Waals surface area contributed by atoms with Gasteiger partial charge in [0, 0.05) is 31.4 Å². The standard InChI is InChI=1S/C16H26N4O2.HI/c1-22-15-5-2-4-13(12-15)19-16(17)18-8-3-9-20-10-6-14(21)7-11-20;/h2,4-5,12,14,21H,3,6-11H2,1H3,(H3,17,18,19);1H. The third kappa shape index (κ3) is 7.36. The van der Waals surface area contributed by atoms with E-state index in [2.05, 4.69) is 15.2 Å². The molecule has 0 amide bonds. The molecule has 4 N–H and O–H groups in total. The molecule has 1 fully saturated rings. The number of halogens is 1. The Morgan fingerprint density at radius 2 is 2.17 bits per heavy atom. The number of hydrogen-bond donors (Lipinski definition) is 3. The Hall–Kier alpha value is -1.06. The van der Waals surface area contributed by atoms with Gasteiger partial charge in [-0.3, -0.25) is 4.99 Å². The second-order valence-electron chi connectivity index (χ2n) is 5.55. The molecular formula is C16H27IN4O2. The molecule has 0 bridgehead atoms. The SMILES string of the molecule is COc1cccc(NC(N)=NCCCN2CCC(O)CC2)c1.I. The molecule has 2 rings (SSSR count). The Labute approximate surface area is 155 Å². The minimum atomic E-state index is -0.114. The number of rotatable bonds is 6. The van der Waals surface area contributed by atoms with Crippen molar-refractivity contribution in [3.8, 4) is 5.75 Å². The van der Waals surface area contributed by atoms with Gasteiger partial charge >= 0.3 is 0 Å². The number of aliphatic imine (C=N–C) groups is 1. The number of nitrogens with zero attached hydrogens (tertiary/aromatic N) is 2. The minimum Gasteiger partial charge on any atom is -0.497 e. The molecule has 130 valence electrons. The number of nitrogens with two attached hydrogens (primary N) is 1. The van der Waals surface area contributed by atoms with E-state index < -0.39 is 0 Å². The third-order valence-corrected chi connectivity index (χ3v) is 3.81. The van der Waals surface area contributed by atoms with Crippen molar-refractivity contribution in [2.24, 2.45) is 10.7 Å². The van der Waals surface area contributed by atoms with Gasteiger partial charge in [0.15, 0.2) is 5.96 Å². The number of aliphatic hydroxyl groups is 1. The third-order valence-electron chi connectivity index (χ3n) is 3.81. The summed E-state index contributed by atoms with van der Waals surface area (Å²) in [6.07, 6.45) is 2.61. The van der Waals surface area contributed by atoms with Crippen LogP contribution in [0.3, 0.4) is 0 Å². The normalized spacial score (nSPS) is 16.7. The summed E-state index contributed by atoms with van der Waals surface area (Å²) in [6.45, 7) is 3.65. The second-order valence-corrected chi connectivity index (χ2v) is 5.55. The molecule has 1 aliphatic rings. The number of benzene rings is 1. The van der Waals surface area contributed by atoms with E-state index in [-0.39, 0.29) is 30.1 Å². The zero-order valence-electron chi connectivity index (χ0n) is 13.6. The van der Waals surface area contributed by atoms with Crippen molar-refractivity contribution in [2.45, 2.75) is 25.4 Å². The van der Waals surface area contributed by atoms with E-state index in [9.17, 15) is 5.11 Å². The fourth-order valence-electron chi connectivity index (χ4n) is 2.53. The van der Waals surface area contributed by atoms with Gasteiger partial charge in [-0.15, -0.1) is 24.0 Å². The van der Waals surface area contributed by atoms with Gasteiger partial charge in [0.05, 0.1) is 13.2 Å². The zero-order valence-corrected chi connectivity index (χ0v) is 15.9. The van der Waals surface area contributed by atoms with Crippen molar-refractivity contribution >= 4 is 35.6 Å². The lowest BCUT2D eigenvalue weighted by atomic mass is 10.1. The summed E-state index contributed by atoms with van der Waals surface area (Å²) >= 11 is 0. The first-order chi connectivity index (χ1) is 10.7. The topological polar surface area (TPSA) is 83.1 Å². The molecule has 1 heterocycles. The molecule has 1 saturated heterocycles. The molecule has 6 nitrogen and oxygen atoms in total. The number of anilines is 1. The number of piperidine rings is 1. The molecule has 0 spiro atoms. The predicted molar refractivity (Wildman–Crippen MR) is 105 cm³/mol. The van der Waals surface area contributed by atoms with Gasteiger partial charge in [0.25, 0.3) is 0 Å². The Balaban J connectivity index is 0.00000264. The van der Waals surface area contributed by atoms with Crippen molar-refractivity contribution in [3.05, 3.63) is 24.3 Å². The fraction of sp³-hybridized carbons (Fsp3) is 0.562. The van der Waals surface area contributed by atoms with Crippen molar-refractivity contribution in [1.82, 2.24) is 4.90 Å². The molecule has 23 heavy (non-hydrogen) atoms. The van der Waals surface area contributed by atoms with E-state index in [0.717, 1.165) is 50.3 Å². The van der Waals surface area contributed by atoms with Crippen LogP contribution in [-0.4, -0.2) is 55.4 Å². The Kier molecular flexibility index (Phi) is 9.27. The first-order valence-corrected chi connectivity index (χ1v) is 7.79. The number of ether oxygens (including phenoxy) is 1. The summed E-state index contributed by atoms with van der Waals surface area (Å²) in [7, 11) is 1.64. The lowest BCUT2D eigenvalue weighted by Gasteiger charge is -2.29. The van der Waals surface area contributed by atoms with Crippen LogP contribution in [0.2, 0.25) is 0 Å². The predicted octanol–water partition coefficient (Wildman–Crippen LogP) is 1.89. The Bertz CT molecular complexity index is 491. The van der Waals surface area contributed by atoms with Gasteiger partial charge in [-0.25, -0.2) is 0 Å². The second kappa shape index (κ2) is 10.7. The first-order valence-electron chi connectivity index (χ1n) is 7.79. The zero-order chi connectivity index (χ0) is 15.8. The van der Waals surface area contributed by atoms with E-state index in [1.54, 1.807) is 7.11 Å². The van der Waals surface area contributed by atoms with Gasteiger partial charge in [-0.1, -0.05) is 6.07 Å². The largest absolute Gasteiger partial charge is 0.497 e. The average molecular weight is 434 g/mol. The van der Waals surface area contributed by atoms with E-state index >= 15 is 0 Å². The maximum atomic E-state index is 9.47. The van der Waals surface area contributed by atoms with Crippen molar-refractivity contribution < 1.29 is 9.84 Å². The molecule has 7 heteroatoms. The number of guanidine groups is 1. The smallest absolute Gasteiger partial charge is 0.193 e. The van der Waals surface area contributed by atoms with E-state index in [1.807, 2.05) is 24.3 Å². The summed E-state index contributed by atoms with van der Waals surface area (Å²) < 4.78 is 5.17. The van der Waals surface area contributed by atoms with E-state index in [0.29, 0.717) is 12.5 Å². The van der Waals surface area contributed by atoms with Crippen LogP contribution in [0.5, 0.6) is 5.75 Å². The van der Waals surface area contributed by atoms with Gasteiger partial charge in [-0.05, 0) is 37.9 Å². The number of nitrogens with one attached hydrogen (secondary N) is 1. The molecule has 0 aromatic heterocycles. The van der Waals surface area contributed by atoms with Gasteiger partial charge in [0.2, 0.25) is 0 Å². The highest BCUT2D eigenvalue weighted by molar-refractivity contribution is 14.0. The molecular weight excluding hydrogens is 407 g/mol. The van der Waals surface area contributed by atoms with Gasteiger partial charge in [0.1, 0.15) is 5.75 Å². The highest BCUT2D eigenvalue weighted by atomic mass is 127. The lowest BCUT2D eigenvalue weighted by Crippen LogP contribution is -2.36. The summed E-state index contributed by atoms with van der Waals surface area (Å²) in [5, 5.41) is 12.5. The van der Waals surface area contributed by atoms with Crippen LogP contribution >= 0.6 is 24.0 Å². The van der Waals surface area contributed by atoms with Crippen molar-refractivity contribution in [2.75, 3.05) is 38.6 Å². The molecule has 0 atom stereocenters. The molecule has 0 aliphatic carbocycles. The van der Waals surface area contributed by atoms with Gasteiger partial charge in [-0.2, -0.15) is 0 Å². The lowest BCUT2D eigenvalue weighted by molar-refractivity contribution is 0.0824. The maximum Gasteiger partial charge on any atom is 0.193 e. The highest BCUT2D eigenvalue weighted by Crippen LogP contribution is 2.16. The quantitative estimate of drug-likeness (QED) is 0.276. The van der Waals surface area contributed by atoms with Crippen LogP contribution in [0.4, 0.5) is 5.69 Å². The number of methoxy groups -OCH3 is 1. The molecule has 0 unspecified atom stereocenters. The number of aliphatic hydroxyl groups excluding tert-OH is 1. The minimum absolute atomic E-state index is 0. The first kappa shape index (κ1) is 20.0. The molecule has 1 aromatic carbocycles. The summed E-state index contributed by atoms with van der Waals surface area (Å²) in [4.78, 5) is 6.71. The van der Waals surface area contributed by atoms with E-state index in [4.69, 9.17) is 10.5 Å². The van der Waals surface area contributed by atoms with Crippen LogP contribution in [-0.2, 0) is 0 Å². The number of hydrogen-bond acceptors (Lipinski definition) is 4. The summed E-state index contributed by atoms with van der Waals surface area (Å²) in [5.74, 6) is 1.20. The summed E-state index contributed by atoms with van der Waals surface area (Å²) in [6, 6.07) is 7.58. The summed E-state index contributed by atoms with van der Waals surface area (Å²) in [5.41, 5.74) is 6.75. The average Bonchev–Trinajstić information content (AvgIpc) is 2.53. The van der Waals surface area contributed by atoms with E-state index in [1.165, 1.54) is 0 Å². The molecule has 0 radical (unpaired) electrons. The number of likely N-dealkylation sites (tertiary alicyclic amines) is 1. The fourth-order valence-corrected chi connectivity index (χ4v) is 2.53. The monoisotopic (exact) mass is 434 g/mol. The van der Waals surface area contributed by atoms with Gasteiger partial charge < -0.3 is 25.8 Å². The molecule has 1 aliphatic heterocycles. The van der Waals surface area contributed by atoms with Crippen LogP contribution in [0.1, 0.15) is 19.3 Å². The van der Waals surface area contributed by atoms with Crippen LogP contribution < -0.4 is 15.8 Å². The maximum absolute atomic E-state index is 9.47. The van der Waals surface area contributed by atoms with Crippen LogP contribution in [0.25, 0.3) is 0 Å². The van der Waals surface area contributed by atoms with Crippen LogP contribution in [0, 0.1) is 0 Å². The van der Waals surface area contributed by atoms with Crippen molar-refractivity contribution in [1.29, 1.82) is 0 Å². The Morgan fingerprint density at radius 1 is 1.43 bits per heavy atom.